The molecule has 0 radical (unpaired) electrons. The van der Waals surface area contributed by atoms with Gasteiger partial charge in [-0.1, -0.05) is 0 Å². The van der Waals surface area contributed by atoms with E-state index in [0.29, 0.717) is 18.5 Å². The molecule has 1 amide bonds. The zero-order chi connectivity index (χ0) is 20.1. The Bertz CT molecular complexity index is 980. The number of hydrogen-bond acceptors (Lipinski definition) is 5. The maximum atomic E-state index is 13.6. The first-order valence-corrected chi connectivity index (χ1v) is 8.24. The SMILES string of the molecule is CCOc1ccc(Nc2cnc(C(=O)Nc3ccc(F)c(F)c3F)cn2)cc1. The van der Waals surface area contributed by atoms with Crippen molar-refractivity contribution in [3.05, 3.63) is 71.9 Å². The van der Waals surface area contributed by atoms with Crippen LogP contribution in [0.2, 0.25) is 0 Å². The Morgan fingerprint density at radius 3 is 2.39 bits per heavy atom. The lowest BCUT2D eigenvalue weighted by Crippen LogP contribution is -2.16. The highest BCUT2D eigenvalue weighted by molar-refractivity contribution is 6.02. The van der Waals surface area contributed by atoms with Gasteiger partial charge in [0.25, 0.3) is 5.91 Å². The summed E-state index contributed by atoms with van der Waals surface area (Å²) < 4.78 is 45.2. The van der Waals surface area contributed by atoms with Gasteiger partial charge >= 0.3 is 0 Å². The van der Waals surface area contributed by atoms with E-state index in [0.717, 1.165) is 17.5 Å². The number of halogens is 3. The van der Waals surface area contributed by atoms with Gasteiger partial charge in [0.2, 0.25) is 0 Å². The van der Waals surface area contributed by atoms with E-state index in [-0.39, 0.29) is 5.69 Å². The smallest absolute Gasteiger partial charge is 0.275 e. The van der Waals surface area contributed by atoms with Crippen LogP contribution in [0.5, 0.6) is 5.75 Å². The Balaban J connectivity index is 1.66. The molecule has 2 aromatic carbocycles. The van der Waals surface area contributed by atoms with Crippen LogP contribution in [0.15, 0.2) is 48.8 Å². The molecule has 28 heavy (non-hydrogen) atoms. The summed E-state index contributed by atoms with van der Waals surface area (Å²) in [7, 11) is 0. The Labute approximate surface area is 158 Å². The predicted molar refractivity (Wildman–Crippen MR) is 97.2 cm³/mol. The standard InChI is InChI=1S/C19H15F3N4O2/c1-2-28-12-5-3-11(4-6-12)25-16-10-23-15(9-24-16)19(27)26-14-8-7-13(20)17(21)18(14)22/h3-10H,2H2,1H3,(H,24,25)(H,26,27). The average molecular weight is 388 g/mol. The van der Waals surface area contributed by atoms with Crippen molar-refractivity contribution in [1.82, 2.24) is 9.97 Å². The molecule has 0 fully saturated rings. The quantitative estimate of drug-likeness (QED) is 0.616. The van der Waals surface area contributed by atoms with Gasteiger partial charge < -0.3 is 15.4 Å². The van der Waals surface area contributed by atoms with Crippen molar-refractivity contribution in [2.45, 2.75) is 6.92 Å². The highest BCUT2D eigenvalue weighted by Crippen LogP contribution is 2.21. The molecular weight excluding hydrogens is 373 g/mol. The lowest BCUT2D eigenvalue weighted by Gasteiger charge is -2.09. The van der Waals surface area contributed by atoms with Crippen LogP contribution < -0.4 is 15.4 Å². The zero-order valence-corrected chi connectivity index (χ0v) is 14.7. The second-order valence-corrected chi connectivity index (χ2v) is 5.55. The predicted octanol–water partition coefficient (Wildman–Crippen LogP) is 4.29. The molecule has 3 rings (SSSR count). The van der Waals surface area contributed by atoms with Crippen molar-refractivity contribution in [3.63, 3.8) is 0 Å². The molecular formula is C19H15F3N4O2. The first-order chi connectivity index (χ1) is 13.5. The number of amides is 1. The molecule has 0 aliphatic carbocycles. The van der Waals surface area contributed by atoms with E-state index in [1.807, 2.05) is 6.92 Å². The number of aromatic nitrogens is 2. The van der Waals surface area contributed by atoms with Crippen molar-refractivity contribution < 1.29 is 22.7 Å². The molecule has 0 bridgehead atoms. The van der Waals surface area contributed by atoms with E-state index >= 15 is 0 Å². The minimum Gasteiger partial charge on any atom is -0.494 e. The van der Waals surface area contributed by atoms with Gasteiger partial charge in [0.15, 0.2) is 17.5 Å². The minimum absolute atomic E-state index is 0.124. The van der Waals surface area contributed by atoms with Gasteiger partial charge in [-0.3, -0.25) is 4.79 Å². The largest absolute Gasteiger partial charge is 0.494 e. The third kappa shape index (κ3) is 4.37. The molecule has 0 atom stereocenters. The van der Waals surface area contributed by atoms with E-state index < -0.39 is 29.0 Å². The fourth-order valence-corrected chi connectivity index (χ4v) is 2.27. The summed E-state index contributed by atoms with van der Waals surface area (Å²) in [6.45, 7) is 2.46. The summed E-state index contributed by atoms with van der Waals surface area (Å²) in [6, 6.07) is 8.79. The molecule has 6 nitrogen and oxygen atoms in total. The van der Waals surface area contributed by atoms with Gasteiger partial charge in [0, 0.05) is 5.69 Å². The summed E-state index contributed by atoms with van der Waals surface area (Å²) in [5, 5.41) is 5.12. The van der Waals surface area contributed by atoms with E-state index in [2.05, 4.69) is 20.6 Å². The molecule has 3 aromatic rings. The van der Waals surface area contributed by atoms with Crippen LogP contribution in [0.3, 0.4) is 0 Å². The van der Waals surface area contributed by atoms with Crippen LogP contribution in [0.25, 0.3) is 0 Å². The van der Waals surface area contributed by atoms with Crippen LogP contribution >= 0.6 is 0 Å². The number of rotatable bonds is 6. The van der Waals surface area contributed by atoms with Crippen LogP contribution in [-0.4, -0.2) is 22.5 Å². The summed E-state index contributed by atoms with van der Waals surface area (Å²) in [4.78, 5) is 20.1. The van der Waals surface area contributed by atoms with Crippen molar-refractivity contribution in [2.24, 2.45) is 0 Å². The number of nitrogens with zero attached hydrogens (tertiary/aromatic N) is 2. The molecule has 9 heteroatoms. The lowest BCUT2D eigenvalue weighted by molar-refractivity contribution is 0.102. The average Bonchev–Trinajstić information content (AvgIpc) is 2.70. The maximum absolute atomic E-state index is 13.6. The summed E-state index contributed by atoms with van der Waals surface area (Å²) in [6.07, 6.45) is 2.48. The van der Waals surface area contributed by atoms with Crippen molar-refractivity contribution in [2.75, 3.05) is 17.2 Å². The number of nitrogens with one attached hydrogen (secondary N) is 2. The summed E-state index contributed by atoms with van der Waals surface area (Å²) in [5.74, 6) is -4.21. The Kier molecular flexibility index (Phi) is 5.73. The van der Waals surface area contributed by atoms with Gasteiger partial charge in [-0.15, -0.1) is 0 Å². The molecule has 0 saturated heterocycles. The van der Waals surface area contributed by atoms with Crippen molar-refractivity contribution in [3.8, 4) is 5.75 Å². The van der Waals surface area contributed by atoms with Crippen LogP contribution in [0.1, 0.15) is 17.4 Å². The lowest BCUT2D eigenvalue weighted by atomic mass is 10.2. The molecule has 2 N–H and O–H groups in total. The molecule has 0 unspecified atom stereocenters. The number of ether oxygens (including phenoxy) is 1. The summed E-state index contributed by atoms with van der Waals surface area (Å²) in [5.41, 5.74) is 0.113. The van der Waals surface area contributed by atoms with Gasteiger partial charge in [-0.2, -0.15) is 0 Å². The number of anilines is 3. The second kappa shape index (κ2) is 8.38. The van der Waals surface area contributed by atoms with E-state index in [1.54, 1.807) is 24.3 Å². The zero-order valence-electron chi connectivity index (χ0n) is 14.7. The highest BCUT2D eigenvalue weighted by atomic mass is 19.2. The molecule has 0 aliphatic heterocycles. The number of hydrogen-bond donors (Lipinski definition) is 2. The highest BCUT2D eigenvalue weighted by Gasteiger charge is 2.16. The third-order valence-corrected chi connectivity index (χ3v) is 3.61. The van der Waals surface area contributed by atoms with Crippen molar-refractivity contribution in [1.29, 1.82) is 0 Å². The van der Waals surface area contributed by atoms with Crippen LogP contribution in [0.4, 0.5) is 30.4 Å². The topological polar surface area (TPSA) is 76.1 Å². The van der Waals surface area contributed by atoms with Crippen molar-refractivity contribution >= 4 is 23.1 Å². The van der Waals surface area contributed by atoms with E-state index in [9.17, 15) is 18.0 Å². The van der Waals surface area contributed by atoms with Gasteiger partial charge in [0.05, 0.1) is 24.7 Å². The molecule has 0 spiro atoms. The van der Waals surface area contributed by atoms with E-state index in [1.165, 1.54) is 12.4 Å². The first-order valence-electron chi connectivity index (χ1n) is 8.24. The number of carbonyl (C=O) groups excluding carboxylic acids is 1. The monoisotopic (exact) mass is 388 g/mol. The van der Waals surface area contributed by atoms with Crippen LogP contribution in [0, 0.1) is 17.5 Å². The molecule has 1 aromatic heterocycles. The fraction of sp³-hybridized carbons (Fsp3) is 0.105. The first kappa shape index (κ1) is 19.2. The fourth-order valence-electron chi connectivity index (χ4n) is 2.27. The minimum atomic E-state index is -1.67. The Morgan fingerprint density at radius 2 is 1.75 bits per heavy atom. The number of carbonyl (C=O) groups is 1. The maximum Gasteiger partial charge on any atom is 0.275 e. The Hall–Kier alpha value is -3.62. The molecule has 1 heterocycles. The molecule has 0 aliphatic rings. The number of benzene rings is 2. The second-order valence-electron chi connectivity index (χ2n) is 5.55. The van der Waals surface area contributed by atoms with E-state index in [4.69, 9.17) is 4.74 Å². The summed E-state index contributed by atoms with van der Waals surface area (Å²) >= 11 is 0. The molecule has 0 saturated carbocycles. The van der Waals surface area contributed by atoms with Gasteiger partial charge in [-0.05, 0) is 43.3 Å². The van der Waals surface area contributed by atoms with Gasteiger partial charge in [-0.25, -0.2) is 23.1 Å². The van der Waals surface area contributed by atoms with Gasteiger partial charge in [0.1, 0.15) is 17.3 Å². The molecule has 144 valence electrons. The third-order valence-electron chi connectivity index (χ3n) is 3.61. The normalized spacial score (nSPS) is 10.4. The Morgan fingerprint density at radius 1 is 1.00 bits per heavy atom. The van der Waals surface area contributed by atoms with Crippen LogP contribution in [-0.2, 0) is 0 Å².